The lowest BCUT2D eigenvalue weighted by Gasteiger charge is -2.04. The van der Waals surface area contributed by atoms with E-state index in [1.807, 2.05) is 24.3 Å². The molecule has 0 spiro atoms. The van der Waals surface area contributed by atoms with Gasteiger partial charge in [-0.25, -0.2) is 4.98 Å². The molecular weight excluding hydrogens is 170 g/mol. The maximum absolute atomic E-state index is 5.53. The average Bonchev–Trinajstić information content (AvgIpc) is 2.52. The van der Waals surface area contributed by atoms with Gasteiger partial charge in [-0.2, -0.15) is 11.8 Å². The number of nitrogens with two attached hydrogens (primary N) is 1. The first kappa shape index (κ1) is 9.61. The molecule has 0 radical (unpaired) electrons. The van der Waals surface area contributed by atoms with Crippen LogP contribution < -0.4 is 5.73 Å². The molecule has 0 fully saturated rings. The quantitative estimate of drug-likeness (QED) is 0.698. The van der Waals surface area contributed by atoms with Crippen molar-refractivity contribution in [3.63, 3.8) is 0 Å². The van der Waals surface area contributed by atoms with Gasteiger partial charge in [0.25, 0.3) is 0 Å². The summed E-state index contributed by atoms with van der Waals surface area (Å²) in [7, 11) is 0. The van der Waals surface area contributed by atoms with Crippen LogP contribution in [0.2, 0.25) is 0 Å². The van der Waals surface area contributed by atoms with Crippen LogP contribution in [0.5, 0.6) is 0 Å². The highest BCUT2D eigenvalue weighted by atomic mass is 32.2. The highest BCUT2D eigenvalue weighted by molar-refractivity contribution is 7.98. The van der Waals surface area contributed by atoms with E-state index >= 15 is 0 Å². The molecule has 4 heteroatoms. The lowest BCUT2D eigenvalue weighted by molar-refractivity contribution is 0.651. The standard InChI is InChI=1S/C8H15N3S/c1-12-4-2-3-11-7-10-6-8(11)5-9/h6-7H,2-5,9H2,1H3. The Morgan fingerprint density at radius 3 is 3.17 bits per heavy atom. The van der Waals surface area contributed by atoms with Gasteiger partial charge >= 0.3 is 0 Å². The Kier molecular flexibility index (Phi) is 4.18. The predicted molar refractivity (Wildman–Crippen MR) is 53.1 cm³/mol. The molecule has 0 aliphatic heterocycles. The van der Waals surface area contributed by atoms with E-state index in [0.29, 0.717) is 6.54 Å². The smallest absolute Gasteiger partial charge is 0.0948 e. The van der Waals surface area contributed by atoms with Gasteiger partial charge in [0.2, 0.25) is 0 Å². The van der Waals surface area contributed by atoms with Crippen molar-refractivity contribution < 1.29 is 0 Å². The number of aryl methyl sites for hydroxylation is 1. The van der Waals surface area contributed by atoms with Gasteiger partial charge in [0.05, 0.1) is 12.0 Å². The summed E-state index contributed by atoms with van der Waals surface area (Å²) >= 11 is 1.87. The molecule has 1 aromatic rings. The molecule has 1 rings (SSSR count). The minimum Gasteiger partial charge on any atom is -0.333 e. The Morgan fingerprint density at radius 2 is 2.50 bits per heavy atom. The largest absolute Gasteiger partial charge is 0.333 e. The van der Waals surface area contributed by atoms with Crippen molar-refractivity contribution in [3.05, 3.63) is 18.2 Å². The first-order chi connectivity index (χ1) is 5.88. The first-order valence-corrected chi connectivity index (χ1v) is 5.46. The highest BCUT2D eigenvalue weighted by Crippen LogP contribution is 2.02. The Bertz CT molecular complexity index is 222. The Hall–Kier alpha value is -0.480. The van der Waals surface area contributed by atoms with Gasteiger partial charge in [0, 0.05) is 19.3 Å². The minimum atomic E-state index is 0.583. The van der Waals surface area contributed by atoms with Crippen LogP contribution in [0.3, 0.4) is 0 Å². The van der Waals surface area contributed by atoms with E-state index in [9.17, 15) is 0 Å². The van der Waals surface area contributed by atoms with Crippen molar-refractivity contribution in [2.45, 2.75) is 19.5 Å². The first-order valence-electron chi connectivity index (χ1n) is 4.06. The molecule has 0 atom stereocenters. The maximum Gasteiger partial charge on any atom is 0.0948 e. The zero-order chi connectivity index (χ0) is 8.81. The fourth-order valence-corrected chi connectivity index (χ4v) is 1.52. The van der Waals surface area contributed by atoms with Crippen molar-refractivity contribution >= 4 is 11.8 Å². The fraction of sp³-hybridized carbons (Fsp3) is 0.625. The molecule has 0 saturated heterocycles. The summed E-state index contributed by atoms with van der Waals surface area (Å²) in [6.45, 7) is 1.62. The number of imidazole rings is 1. The van der Waals surface area contributed by atoms with Crippen LogP contribution in [0.4, 0.5) is 0 Å². The molecule has 1 heterocycles. The number of aromatic nitrogens is 2. The van der Waals surface area contributed by atoms with Crippen molar-refractivity contribution in [2.75, 3.05) is 12.0 Å². The van der Waals surface area contributed by atoms with Crippen LogP contribution in [0.15, 0.2) is 12.5 Å². The van der Waals surface area contributed by atoms with Gasteiger partial charge in [-0.1, -0.05) is 0 Å². The monoisotopic (exact) mass is 185 g/mol. The average molecular weight is 185 g/mol. The summed E-state index contributed by atoms with van der Waals surface area (Å²) in [5, 5.41) is 0. The summed E-state index contributed by atoms with van der Waals surface area (Å²) in [6, 6.07) is 0. The number of nitrogens with zero attached hydrogens (tertiary/aromatic N) is 2. The van der Waals surface area contributed by atoms with Gasteiger partial charge in [0.1, 0.15) is 0 Å². The predicted octanol–water partition coefficient (Wildman–Crippen LogP) is 1.09. The maximum atomic E-state index is 5.53. The Labute approximate surface area is 77.4 Å². The normalized spacial score (nSPS) is 10.5. The van der Waals surface area contributed by atoms with Crippen LogP contribution >= 0.6 is 11.8 Å². The van der Waals surface area contributed by atoms with E-state index in [1.54, 1.807) is 0 Å². The molecule has 1 aromatic heterocycles. The van der Waals surface area contributed by atoms with E-state index in [1.165, 1.54) is 12.2 Å². The van der Waals surface area contributed by atoms with Gasteiger partial charge in [-0.15, -0.1) is 0 Å². The molecule has 0 saturated carbocycles. The molecule has 0 unspecified atom stereocenters. The molecule has 3 nitrogen and oxygen atoms in total. The number of hydrogen-bond donors (Lipinski definition) is 1. The van der Waals surface area contributed by atoms with Gasteiger partial charge in [0.15, 0.2) is 0 Å². The van der Waals surface area contributed by atoms with Crippen molar-refractivity contribution in [1.82, 2.24) is 9.55 Å². The summed E-state index contributed by atoms with van der Waals surface area (Å²) in [5.41, 5.74) is 6.65. The highest BCUT2D eigenvalue weighted by Gasteiger charge is 1.97. The van der Waals surface area contributed by atoms with Crippen LogP contribution in [-0.2, 0) is 13.1 Å². The molecule has 0 aromatic carbocycles. The molecule has 0 bridgehead atoms. The van der Waals surface area contributed by atoms with Gasteiger partial charge in [-0.3, -0.25) is 0 Å². The summed E-state index contributed by atoms with van der Waals surface area (Å²) in [5.74, 6) is 1.20. The summed E-state index contributed by atoms with van der Waals surface area (Å²) < 4.78 is 2.12. The molecule has 12 heavy (non-hydrogen) atoms. The van der Waals surface area contributed by atoms with E-state index < -0.39 is 0 Å². The third-order valence-corrected chi connectivity index (χ3v) is 2.45. The number of hydrogen-bond acceptors (Lipinski definition) is 3. The minimum absolute atomic E-state index is 0.583. The number of rotatable bonds is 5. The van der Waals surface area contributed by atoms with Crippen molar-refractivity contribution in [3.8, 4) is 0 Å². The lowest BCUT2D eigenvalue weighted by atomic mass is 10.4. The van der Waals surface area contributed by atoms with Crippen molar-refractivity contribution in [2.24, 2.45) is 5.73 Å². The molecule has 0 aliphatic carbocycles. The SMILES string of the molecule is CSCCCn1cncc1CN. The summed E-state index contributed by atoms with van der Waals surface area (Å²) in [4.78, 5) is 4.05. The number of thioether (sulfide) groups is 1. The van der Waals surface area contributed by atoms with Crippen LogP contribution in [-0.4, -0.2) is 21.6 Å². The van der Waals surface area contributed by atoms with E-state index in [0.717, 1.165) is 12.2 Å². The van der Waals surface area contributed by atoms with E-state index in [4.69, 9.17) is 5.73 Å². The zero-order valence-electron chi connectivity index (χ0n) is 7.36. The van der Waals surface area contributed by atoms with Crippen LogP contribution in [0.1, 0.15) is 12.1 Å². The topological polar surface area (TPSA) is 43.8 Å². The third-order valence-electron chi connectivity index (χ3n) is 1.76. The second-order valence-corrected chi connectivity index (χ2v) is 3.61. The third kappa shape index (κ3) is 2.53. The summed E-state index contributed by atoms with van der Waals surface area (Å²) in [6.07, 6.45) is 6.99. The molecule has 68 valence electrons. The van der Waals surface area contributed by atoms with E-state index in [-0.39, 0.29) is 0 Å². The van der Waals surface area contributed by atoms with Crippen molar-refractivity contribution in [1.29, 1.82) is 0 Å². The Balaban J connectivity index is 2.39. The van der Waals surface area contributed by atoms with Crippen LogP contribution in [0.25, 0.3) is 0 Å². The molecule has 2 N–H and O–H groups in total. The molecular formula is C8H15N3S. The fourth-order valence-electron chi connectivity index (χ4n) is 1.10. The lowest BCUT2D eigenvalue weighted by Crippen LogP contribution is -2.06. The van der Waals surface area contributed by atoms with Gasteiger partial charge < -0.3 is 10.3 Å². The zero-order valence-corrected chi connectivity index (χ0v) is 8.18. The van der Waals surface area contributed by atoms with E-state index in [2.05, 4.69) is 15.8 Å². The van der Waals surface area contributed by atoms with Gasteiger partial charge in [-0.05, 0) is 18.4 Å². The molecule has 0 aliphatic rings. The molecule has 0 amide bonds. The second-order valence-electron chi connectivity index (χ2n) is 2.63. The Morgan fingerprint density at radius 1 is 1.67 bits per heavy atom. The second kappa shape index (κ2) is 5.22. The van der Waals surface area contributed by atoms with Crippen LogP contribution in [0, 0.1) is 0 Å².